The van der Waals surface area contributed by atoms with Crippen LogP contribution in [0.3, 0.4) is 0 Å². The van der Waals surface area contributed by atoms with Crippen LogP contribution in [0.1, 0.15) is 36.5 Å². The molecule has 7 heteroatoms. The van der Waals surface area contributed by atoms with Crippen molar-refractivity contribution in [2.24, 2.45) is 5.14 Å². The monoisotopic (exact) mass is 451 g/mol. The standard InChI is InChI=1S/C14H13N.C11H13FN2O2S/c1-2-9-15-14(6-1)13-8-7-11-4-3-5-12(11)10-13;1-2-8-3-7-4-9(12)11(17(13)16)5-10(7)14(8)6-15/h1-2,6-10H,3-5H2;4-6,8H,2-3,13H2,1H3. The minimum absolute atomic E-state index is 0.0448. The van der Waals surface area contributed by atoms with E-state index >= 15 is 0 Å². The van der Waals surface area contributed by atoms with Crippen molar-refractivity contribution in [1.82, 2.24) is 4.98 Å². The Morgan fingerprint density at radius 2 is 1.97 bits per heavy atom. The molecule has 166 valence electrons. The van der Waals surface area contributed by atoms with Gasteiger partial charge in [-0.05, 0) is 79.1 Å². The molecule has 0 saturated heterocycles. The highest BCUT2D eigenvalue weighted by Crippen LogP contribution is 2.35. The number of pyridine rings is 1. The van der Waals surface area contributed by atoms with Gasteiger partial charge in [-0.25, -0.2) is 13.7 Å². The number of rotatable bonds is 4. The van der Waals surface area contributed by atoms with Gasteiger partial charge in [0.2, 0.25) is 6.41 Å². The van der Waals surface area contributed by atoms with E-state index in [1.54, 1.807) is 4.90 Å². The maximum Gasteiger partial charge on any atom is 0.214 e. The van der Waals surface area contributed by atoms with Crippen LogP contribution in [0.25, 0.3) is 11.3 Å². The molecule has 3 aromatic rings. The first-order valence-electron chi connectivity index (χ1n) is 10.8. The number of nitrogens with zero attached hydrogens (tertiary/aromatic N) is 2. The fourth-order valence-corrected chi connectivity index (χ4v) is 4.92. The predicted octanol–water partition coefficient (Wildman–Crippen LogP) is 4.34. The first kappa shape index (κ1) is 22.3. The Hall–Kier alpha value is -2.90. The SMILES string of the molecule is CCC1Cc2cc(F)c(S(N)=O)cc2N1C=O.c1ccc(-c2ccc3c(c2)CCC3)nc1. The number of amides is 1. The summed E-state index contributed by atoms with van der Waals surface area (Å²) in [7, 11) is -1.88. The summed E-state index contributed by atoms with van der Waals surface area (Å²) in [4.78, 5) is 16.9. The molecule has 0 saturated carbocycles. The van der Waals surface area contributed by atoms with Gasteiger partial charge in [-0.1, -0.05) is 25.1 Å². The van der Waals surface area contributed by atoms with Gasteiger partial charge in [0.05, 0.1) is 10.6 Å². The van der Waals surface area contributed by atoms with Crippen LogP contribution in [0.15, 0.2) is 59.6 Å². The number of fused-ring (bicyclic) bond motifs is 2. The number of aromatic nitrogens is 1. The Morgan fingerprint density at radius 3 is 2.66 bits per heavy atom. The smallest absolute Gasteiger partial charge is 0.214 e. The Morgan fingerprint density at radius 1 is 1.16 bits per heavy atom. The largest absolute Gasteiger partial charge is 0.311 e. The normalized spacial score (nSPS) is 17.2. The lowest BCUT2D eigenvalue weighted by atomic mass is 10.0. The molecule has 2 unspecified atom stereocenters. The van der Waals surface area contributed by atoms with Crippen molar-refractivity contribution < 1.29 is 13.4 Å². The molecular formula is C25H26FN3O2S. The van der Waals surface area contributed by atoms with Crippen molar-refractivity contribution >= 4 is 23.1 Å². The summed E-state index contributed by atoms with van der Waals surface area (Å²) in [5.74, 6) is -0.577. The highest BCUT2D eigenvalue weighted by Gasteiger charge is 2.29. The highest BCUT2D eigenvalue weighted by atomic mass is 32.2. The van der Waals surface area contributed by atoms with Gasteiger partial charge in [0, 0.05) is 23.5 Å². The predicted molar refractivity (Wildman–Crippen MR) is 125 cm³/mol. The zero-order chi connectivity index (χ0) is 22.7. The van der Waals surface area contributed by atoms with Crippen LogP contribution >= 0.6 is 0 Å². The topological polar surface area (TPSA) is 76.3 Å². The molecule has 1 aliphatic heterocycles. The lowest BCUT2D eigenvalue weighted by Gasteiger charge is -2.19. The minimum atomic E-state index is -1.88. The molecule has 5 nitrogen and oxygen atoms in total. The number of carbonyl (C=O) groups is 1. The van der Waals surface area contributed by atoms with Crippen molar-refractivity contribution in [2.45, 2.75) is 50.0 Å². The maximum atomic E-state index is 13.6. The lowest BCUT2D eigenvalue weighted by Crippen LogP contribution is -2.29. The van der Waals surface area contributed by atoms with Crippen LogP contribution in [-0.2, 0) is 35.0 Å². The van der Waals surface area contributed by atoms with Gasteiger partial charge >= 0.3 is 0 Å². The van der Waals surface area contributed by atoms with Crippen molar-refractivity contribution in [2.75, 3.05) is 4.90 Å². The van der Waals surface area contributed by atoms with E-state index in [-0.39, 0.29) is 10.9 Å². The molecule has 2 N–H and O–H groups in total. The van der Waals surface area contributed by atoms with Gasteiger partial charge in [-0.3, -0.25) is 9.78 Å². The summed E-state index contributed by atoms with van der Waals surface area (Å²) in [5, 5.41) is 5.19. The third kappa shape index (κ3) is 4.49. The van der Waals surface area contributed by atoms with Crippen LogP contribution in [0, 0.1) is 5.82 Å². The summed E-state index contributed by atoms with van der Waals surface area (Å²) in [6.07, 6.45) is 7.77. The van der Waals surface area contributed by atoms with Crippen LogP contribution in [0.2, 0.25) is 0 Å². The van der Waals surface area contributed by atoms with Crippen LogP contribution in [0.4, 0.5) is 10.1 Å². The van der Waals surface area contributed by atoms with E-state index in [1.807, 2.05) is 25.3 Å². The molecule has 2 heterocycles. The van der Waals surface area contributed by atoms with E-state index in [4.69, 9.17) is 5.14 Å². The maximum absolute atomic E-state index is 13.6. The number of carbonyl (C=O) groups excluding carboxylic acids is 1. The second-order valence-corrected chi connectivity index (χ2v) is 9.07. The third-order valence-corrected chi connectivity index (χ3v) is 6.87. The molecular weight excluding hydrogens is 425 g/mol. The van der Waals surface area contributed by atoms with Gasteiger partial charge in [0.1, 0.15) is 16.8 Å². The second-order valence-electron chi connectivity index (χ2n) is 8.04. The number of benzene rings is 2. The molecule has 1 aliphatic carbocycles. The molecule has 0 spiro atoms. The number of hydrogen-bond donors (Lipinski definition) is 1. The first-order chi connectivity index (χ1) is 15.5. The first-order valence-corrected chi connectivity index (χ1v) is 12.0. The number of aryl methyl sites for hydroxylation is 2. The average Bonchev–Trinajstić information content (AvgIpc) is 3.42. The summed E-state index contributed by atoms with van der Waals surface area (Å²) in [5.41, 5.74) is 6.73. The zero-order valence-electron chi connectivity index (χ0n) is 18.0. The molecule has 2 aromatic carbocycles. The van der Waals surface area contributed by atoms with Gasteiger partial charge < -0.3 is 4.90 Å². The molecule has 32 heavy (non-hydrogen) atoms. The molecule has 2 atom stereocenters. The summed E-state index contributed by atoms with van der Waals surface area (Å²) < 4.78 is 24.7. The summed E-state index contributed by atoms with van der Waals surface area (Å²) in [6, 6.07) is 15.6. The van der Waals surface area contributed by atoms with Crippen LogP contribution < -0.4 is 10.0 Å². The van der Waals surface area contributed by atoms with Gasteiger partial charge in [-0.15, -0.1) is 0 Å². The van der Waals surface area contributed by atoms with E-state index in [9.17, 15) is 13.4 Å². The van der Waals surface area contributed by atoms with Gasteiger partial charge in [0.15, 0.2) is 0 Å². The lowest BCUT2D eigenvalue weighted by molar-refractivity contribution is -0.107. The van der Waals surface area contributed by atoms with E-state index in [1.165, 1.54) is 48.1 Å². The summed E-state index contributed by atoms with van der Waals surface area (Å²) >= 11 is 0. The third-order valence-electron chi connectivity index (χ3n) is 6.12. The second kappa shape index (κ2) is 9.71. The number of halogens is 1. The van der Waals surface area contributed by atoms with E-state index in [0.717, 1.165) is 24.1 Å². The molecule has 0 radical (unpaired) electrons. The Balaban J connectivity index is 0.000000154. The molecule has 0 bridgehead atoms. The Kier molecular flexibility index (Phi) is 6.77. The Bertz CT molecular complexity index is 1150. The molecule has 0 fully saturated rings. The average molecular weight is 452 g/mol. The fraction of sp³-hybridized carbons (Fsp3) is 0.280. The van der Waals surface area contributed by atoms with Crippen LogP contribution in [0.5, 0.6) is 0 Å². The van der Waals surface area contributed by atoms with Crippen molar-refractivity contribution in [3.05, 3.63) is 77.2 Å². The fourth-order valence-electron chi connectivity index (χ4n) is 4.44. The number of hydrogen-bond acceptors (Lipinski definition) is 3. The zero-order valence-corrected chi connectivity index (χ0v) is 18.8. The van der Waals surface area contributed by atoms with E-state index in [0.29, 0.717) is 12.1 Å². The van der Waals surface area contributed by atoms with Gasteiger partial charge in [-0.2, -0.15) is 0 Å². The van der Waals surface area contributed by atoms with E-state index in [2.05, 4.69) is 29.2 Å². The minimum Gasteiger partial charge on any atom is -0.311 e. The molecule has 2 aliphatic rings. The van der Waals surface area contributed by atoms with Gasteiger partial charge in [0.25, 0.3) is 0 Å². The van der Waals surface area contributed by atoms with E-state index < -0.39 is 16.8 Å². The molecule has 1 aromatic heterocycles. The number of nitrogens with two attached hydrogens (primary N) is 1. The summed E-state index contributed by atoms with van der Waals surface area (Å²) in [6.45, 7) is 1.96. The van der Waals surface area contributed by atoms with Crippen molar-refractivity contribution in [1.29, 1.82) is 0 Å². The van der Waals surface area contributed by atoms with Crippen molar-refractivity contribution in [3.63, 3.8) is 0 Å². The van der Waals surface area contributed by atoms with Crippen LogP contribution in [-0.4, -0.2) is 21.6 Å². The quantitative estimate of drug-likeness (QED) is 0.600. The highest BCUT2D eigenvalue weighted by molar-refractivity contribution is 7.82. The number of anilines is 1. The molecule has 1 amide bonds. The molecule has 5 rings (SSSR count). The Labute approximate surface area is 190 Å². The van der Waals surface area contributed by atoms with Crippen molar-refractivity contribution in [3.8, 4) is 11.3 Å².